The summed E-state index contributed by atoms with van der Waals surface area (Å²) in [6.45, 7) is 8.16. The summed E-state index contributed by atoms with van der Waals surface area (Å²) in [6.07, 6.45) is 7.09. The molecule has 0 aromatic carbocycles. The van der Waals surface area contributed by atoms with Crippen molar-refractivity contribution in [1.82, 2.24) is 15.2 Å². The summed E-state index contributed by atoms with van der Waals surface area (Å²) >= 11 is 0. The Labute approximate surface area is 123 Å². The van der Waals surface area contributed by atoms with Crippen LogP contribution in [0.2, 0.25) is 0 Å². The number of amides is 1. The standard InChI is InChI=1S/C16H16N4O/c1-4-11(5-2)13-6-10(3)15-14(19-13)9-20(16(15)21)12-7-17-18-8-12/h4-8H,1,9H2,2-3H3,(H,17,18)/b11-5+. The Morgan fingerprint density at radius 3 is 2.95 bits per heavy atom. The number of hydrogen-bond acceptors (Lipinski definition) is 3. The van der Waals surface area contributed by atoms with E-state index in [9.17, 15) is 4.79 Å². The first-order valence-electron chi connectivity index (χ1n) is 6.76. The minimum Gasteiger partial charge on any atom is -0.299 e. The maximum Gasteiger partial charge on any atom is 0.260 e. The number of aryl methyl sites for hydroxylation is 1. The Morgan fingerprint density at radius 2 is 2.33 bits per heavy atom. The van der Waals surface area contributed by atoms with Gasteiger partial charge in [-0.1, -0.05) is 18.7 Å². The Bertz CT molecular complexity index is 744. The van der Waals surface area contributed by atoms with E-state index in [0.29, 0.717) is 12.1 Å². The van der Waals surface area contributed by atoms with Crippen LogP contribution in [0.4, 0.5) is 5.69 Å². The second-order valence-corrected chi connectivity index (χ2v) is 4.94. The van der Waals surface area contributed by atoms with E-state index < -0.39 is 0 Å². The highest BCUT2D eigenvalue weighted by atomic mass is 16.2. The average Bonchev–Trinajstić information content (AvgIpc) is 3.08. The number of carbonyl (C=O) groups excluding carboxylic acids is 1. The fourth-order valence-corrected chi connectivity index (χ4v) is 2.62. The largest absolute Gasteiger partial charge is 0.299 e. The van der Waals surface area contributed by atoms with Crippen LogP contribution in [0, 0.1) is 6.92 Å². The van der Waals surface area contributed by atoms with Crippen molar-refractivity contribution < 1.29 is 4.79 Å². The molecule has 0 saturated heterocycles. The molecule has 5 heteroatoms. The van der Waals surface area contributed by atoms with E-state index in [0.717, 1.165) is 28.2 Å². The van der Waals surface area contributed by atoms with Crippen molar-refractivity contribution in [2.45, 2.75) is 20.4 Å². The Balaban J connectivity index is 2.07. The van der Waals surface area contributed by atoms with E-state index in [1.807, 2.05) is 26.0 Å². The third-order valence-electron chi connectivity index (χ3n) is 3.68. The molecule has 1 aliphatic heterocycles. The number of allylic oxidation sites excluding steroid dienone is 3. The number of carbonyl (C=O) groups is 1. The fourth-order valence-electron chi connectivity index (χ4n) is 2.62. The lowest BCUT2D eigenvalue weighted by Gasteiger charge is -2.11. The normalized spacial score (nSPS) is 14.5. The number of aromatic amines is 1. The molecule has 0 unspecified atom stereocenters. The lowest BCUT2D eigenvalue weighted by atomic mass is 10.0. The summed E-state index contributed by atoms with van der Waals surface area (Å²) in [5.41, 5.74) is 5.01. The summed E-state index contributed by atoms with van der Waals surface area (Å²) in [4.78, 5) is 18.9. The molecule has 1 aliphatic rings. The molecule has 1 N–H and O–H groups in total. The van der Waals surface area contributed by atoms with Crippen LogP contribution in [0.25, 0.3) is 5.57 Å². The Kier molecular flexibility index (Phi) is 3.17. The number of nitrogens with one attached hydrogen (secondary N) is 1. The number of pyridine rings is 1. The summed E-state index contributed by atoms with van der Waals surface area (Å²) in [6, 6.07) is 1.94. The first kappa shape index (κ1) is 13.3. The molecule has 0 aliphatic carbocycles. The topological polar surface area (TPSA) is 61.9 Å². The molecule has 106 valence electrons. The van der Waals surface area contributed by atoms with Crippen molar-refractivity contribution in [3.05, 3.63) is 59.7 Å². The van der Waals surface area contributed by atoms with Crippen molar-refractivity contribution in [2.75, 3.05) is 4.90 Å². The van der Waals surface area contributed by atoms with Crippen LogP contribution in [0.1, 0.15) is 34.2 Å². The quantitative estimate of drug-likeness (QED) is 0.879. The first-order chi connectivity index (χ1) is 10.2. The molecule has 3 heterocycles. The lowest BCUT2D eigenvalue weighted by Crippen LogP contribution is -2.22. The number of aromatic nitrogens is 3. The molecule has 0 saturated carbocycles. The van der Waals surface area contributed by atoms with Gasteiger partial charge in [0, 0.05) is 6.20 Å². The predicted octanol–water partition coefficient (Wildman–Crippen LogP) is 2.86. The van der Waals surface area contributed by atoms with Gasteiger partial charge < -0.3 is 0 Å². The van der Waals surface area contributed by atoms with Gasteiger partial charge in [0.05, 0.1) is 35.4 Å². The van der Waals surface area contributed by atoms with Gasteiger partial charge in [0.15, 0.2) is 0 Å². The van der Waals surface area contributed by atoms with Gasteiger partial charge >= 0.3 is 0 Å². The highest BCUT2D eigenvalue weighted by Gasteiger charge is 2.32. The monoisotopic (exact) mass is 280 g/mol. The van der Waals surface area contributed by atoms with Crippen LogP contribution in [-0.2, 0) is 6.54 Å². The second kappa shape index (κ2) is 5.01. The minimum absolute atomic E-state index is 0.0245. The molecular weight excluding hydrogens is 264 g/mol. The number of H-pyrrole nitrogens is 1. The summed E-state index contributed by atoms with van der Waals surface area (Å²) in [5.74, 6) is -0.0245. The number of rotatable bonds is 3. The summed E-state index contributed by atoms with van der Waals surface area (Å²) in [7, 11) is 0. The van der Waals surface area contributed by atoms with E-state index >= 15 is 0 Å². The molecule has 0 radical (unpaired) electrons. The van der Waals surface area contributed by atoms with Crippen molar-refractivity contribution in [3.63, 3.8) is 0 Å². The molecule has 0 atom stereocenters. The maximum atomic E-state index is 12.5. The minimum atomic E-state index is -0.0245. The van der Waals surface area contributed by atoms with E-state index in [-0.39, 0.29) is 5.91 Å². The van der Waals surface area contributed by atoms with Gasteiger partial charge in [-0.15, -0.1) is 0 Å². The van der Waals surface area contributed by atoms with E-state index in [4.69, 9.17) is 0 Å². The van der Waals surface area contributed by atoms with Gasteiger partial charge in [-0.25, -0.2) is 0 Å². The molecule has 0 spiro atoms. The van der Waals surface area contributed by atoms with Crippen LogP contribution in [0.5, 0.6) is 0 Å². The van der Waals surface area contributed by atoms with Gasteiger partial charge in [-0.2, -0.15) is 5.10 Å². The van der Waals surface area contributed by atoms with Gasteiger partial charge in [0.1, 0.15) is 0 Å². The number of nitrogens with zero attached hydrogens (tertiary/aromatic N) is 3. The highest BCUT2D eigenvalue weighted by Crippen LogP contribution is 2.30. The maximum absolute atomic E-state index is 12.5. The van der Waals surface area contributed by atoms with E-state index in [2.05, 4.69) is 21.8 Å². The van der Waals surface area contributed by atoms with E-state index in [1.54, 1.807) is 23.4 Å². The van der Waals surface area contributed by atoms with Gasteiger partial charge in [-0.3, -0.25) is 19.8 Å². The van der Waals surface area contributed by atoms with Gasteiger partial charge in [-0.05, 0) is 31.1 Å². The van der Waals surface area contributed by atoms with Crippen molar-refractivity contribution in [1.29, 1.82) is 0 Å². The molecule has 0 fully saturated rings. The number of hydrogen-bond donors (Lipinski definition) is 1. The second-order valence-electron chi connectivity index (χ2n) is 4.94. The molecule has 21 heavy (non-hydrogen) atoms. The smallest absolute Gasteiger partial charge is 0.260 e. The third-order valence-corrected chi connectivity index (χ3v) is 3.68. The van der Waals surface area contributed by atoms with Crippen molar-refractivity contribution in [2.24, 2.45) is 0 Å². The average molecular weight is 280 g/mol. The van der Waals surface area contributed by atoms with Crippen LogP contribution in [0.3, 0.4) is 0 Å². The molecule has 2 aromatic rings. The van der Waals surface area contributed by atoms with Crippen LogP contribution < -0.4 is 4.90 Å². The number of anilines is 1. The zero-order valence-electron chi connectivity index (χ0n) is 12.1. The third kappa shape index (κ3) is 2.07. The molecule has 0 bridgehead atoms. The molecule has 5 nitrogen and oxygen atoms in total. The fraction of sp³-hybridized carbons (Fsp3) is 0.188. The number of fused-ring (bicyclic) bond motifs is 1. The van der Waals surface area contributed by atoms with Crippen molar-refractivity contribution >= 4 is 17.2 Å². The van der Waals surface area contributed by atoms with Gasteiger partial charge in [0.25, 0.3) is 5.91 Å². The molecule has 2 aromatic heterocycles. The highest BCUT2D eigenvalue weighted by molar-refractivity contribution is 6.10. The van der Waals surface area contributed by atoms with Crippen LogP contribution in [0.15, 0.2) is 37.2 Å². The Morgan fingerprint density at radius 1 is 1.52 bits per heavy atom. The Hall–Kier alpha value is -2.69. The van der Waals surface area contributed by atoms with Crippen LogP contribution in [-0.4, -0.2) is 21.1 Å². The SMILES string of the molecule is C=C/C(=C\C)c1cc(C)c2c(n1)CN(c1cn[nH]c1)C2=O. The predicted molar refractivity (Wildman–Crippen MR) is 81.9 cm³/mol. The zero-order chi connectivity index (χ0) is 15.0. The van der Waals surface area contributed by atoms with Gasteiger partial charge in [0.2, 0.25) is 0 Å². The molecule has 1 amide bonds. The van der Waals surface area contributed by atoms with E-state index in [1.165, 1.54) is 0 Å². The van der Waals surface area contributed by atoms with Crippen LogP contribution >= 0.6 is 0 Å². The lowest BCUT2D eigenvalue weighted by molar-refractivity contribution is 0.0996. The molecule has 3 rings (SSSR count). The van der Waals surface area contributed by atoms with Crippen molar-refractivity contribution in [3.8, 4) is 0 Å². The summed E-state index contributed by atoms with van der Waals surface area (Å²) in [5, 5.41) is 6.63. The summed E-state index contributed by atoms with van der Waals surface area (Å²) < 4.78 is 0. The zero-order valence-corrected chi connectivity index (χ0v) is 12.1. The molecular formula is C16H16N4O. The first-order valence-corrected chi connectivity index (χ1v) is 6.76.